The zero-order valence-electron chi connectivity index (χ0n) is 21.4. The van der Waals surface area contributed by atoms with Crippen LogP contribution in [0.3, 0.4) is 0 Å². The van der Waals surface area contributed by atoms with Gasteiger partial charge < -0.3 is 8.83 Å². The molecule has 0 saturated heterocycles. The molecule has 0 saturated carbocycles. The van der Waals surface area contributed by atoms with Gasteiger partial charge in [0.15, 0.2) is 0 Å². The van der Waals surface area contributed by atoms with Crippen LogP contribution in [-0.4, -0.2) is 11.6 Å². The van der Waals surface area contributed by atoms with Crippen molar-refractivity contribution in [1.29, 1.82) is 0 Å². The third-order valence-corrected chi connectivity index (χ3v) is 7.78. The van der Waals surface area contributed by atoms with Crippen molar-refractivity contribution in [3.63, 3.8) is 0 Å². The first-order chi connectivity index (χ1) is 15.9. The summed E-state index contributed by atoms with van der Waals surface area (Å²) in [6, 6.07) is 0. The fraction of sp³-hybridized carbons (Fsp3) is 0.643. The summed E-state index contributed by atoms with van der Waals surface area (Å²) >= 11 is 1.61. The average Bonchev–Trinajstić information content (AvgIpc) is 3.35. The van der Waals surface area contributed by atoms with Crippen LogP contribution >= 0.6 is 11.8 Å². The zero-order chi connectivity index (χ0) is 24.4. The molecule has 2 rings (SSSR count). The highest BCUT2D eigenvalue weighted by atomic mass is 32.2. The lowest BCUT2D eigenvalue weighted by Crippen LogP contribution is -2.13. The van der Waals surface area contributed by atoms with Crippen LogP contribution in [0.25, 0.3) is 0 Å². The lowest BCUT2D eigenvalue weighted by Gasteiger charge is -2.18. The highest BCUT2D eigenvalue weighted by Gasteiger charge is 2.30. The number of Topliss-reactive ketones (excluding diaryl/α,β-unsaturated/α-hetero) is 2. The van der Waals surface area contributed by atoms with Gasteiger partial charge in [-0.1, -0.05) is 65.1 Å². The van der Waals surface area contributed by atoms with E-state index in [9.17, 15) is 9.59 Å². The zero-order valence-corrected chi connectivity index (χ0v) is 22.2. The minimum absolute atomic E-state index is 0.144. The SMILES string of the molecule is CCCCC(=O)C(CCC)c1coc(C)c1Sc1c(C(CCC)C(=O)CCCC)coc1C. The third kappa shape index (κ3) is 7.11. The summed E-state index contributed by atoms with van der Waals surface area (Å²) in [6.07, 6.45) is 12.1. The molecule has 184 valence electrons. The Hall–Kier alpha value is -1.75. The van der Waals surface area contributed by atoms with Gasteiger partial charge in [0.2, 0.25) is 0 Å². The molecule has 0 spiro atoms. The maximum atomic E-state index is 13.1. The van der Waals surface area contributed by atoms with E-state index < -0.39 is 0 Å². The fourth-order valence-electron chi connectivity index (χ4n) is 4.38. The van der Waals surface area contributed by atoms with Gasteiger partial charge in [0.25, 0.3) is 0 Å². The number of ketones is 2. The van der Waals surface area contributed by atoms with Crippen LogP contribution in [0.15, 0.2) is 31.2 Å². The number of furan rings is 2. The predicted octanol–water partition coefficient (Wildman–Crippen LogP) is 8.93. The van der Waals surface area contributed by atoms with Crippen molar-refractivity contribution >= 4 is 23.3 Å². The quantitative estimate of drug-likeness (QED) is 0.243. The van der Waals surface area contributed by atoms with Crippen LogP contribution in [0.1, 0.15) is 126 Å². The Balaban J connectivity index is 2.42. The van der Waals surface area contributed by atoms with E-state index in [0.717, 1.165) is 83.8 Å². The van der Waals surface area contributed by atoms with Gasteiger partial charge in [0.1, 0.15) is 23.1 Å². The van der Waals surface area contributed by atoms with Crippen molar-refractivity contribution in [1.82, 2.24) is 0 Å². The third-order valence-electron chi connectivity index (χ3n) is 6.33. The molecule has 2 aromatic heterocycles. The van der Waals surface area contributed by atoms with Crippen LogP contribution in [0.2, 0.25) is 0 Å². The molecular formula is C28H42O4S. The second-order valence-electron chi connectivity index (χ2n) is 9.08. The molecule has 33 heavy (non-hydrogen) atoms. The number of aryl methyl sites for hydroxylation is 2. The van der Waals surface area contributed by atoms with Gasteiger partial charge in [-0.05, 0) is 39.5 Å². The molecule has 0 aromatic carbocycles. The van der Waals surface area contributed by atoms with E-state index in [-0.39, 0.29) is 11.8 Å². The second kappa shape index (κ2) is 13.8. The van der Waals surface area contributed by atoms with Gasteiger partial charge in [-0.25, -0.2) is 0 Å². The number of hydrogen-bond donors (Lipinski definition) is 0. The molecule has 0 radical (unpaired) electrons. The van der Waals surface area contributed by atoms with E-state index in [1.807, 2.05) is 13.8 Å². The molecule has 0 amide bonds. The summed E-state index contributed by atoms with van der Waals surface area (Å²) in [7, 11) is 0. The maximum Gasteiger partial charge on any atom is 0.140 e. The van der Waals surface area contributed by atoms with E-state index in [0.29, 0.717) is 24.4 Å². The van der Waals surface area contributed by atoms with Crippen LogP contribution in [0, 0.1) is 13.8 Å². The minimum Gasteiger partial charge on any atom is -0.468 e. The van der Waals surface area contributed by atoms with E-state index in [1.54, 1.807) is 24.3 Å². The standard InChI is InChI=1S/C28H42O4S/c1-7-11-15-25(29)21(13-9-3)23-17-31-19(5)27(23)33-28-20(6)32-18-24(28)22(14-10-4)26(30)16-12-8-2/h17-18,21-22H,7-16H2,1-6H3. The van der Waals surface area contributed by atoms with Crippen LogP contribution < -0.4 is 0 Å². The summed E-state index contributed by atoms with van der Waals surface area (Å²) in [6.45, 7) is 12.4. The van der Waals surface area contributed by atoms with E-state index >= 15 is 0 Å². The molecule has 2 atom stereocenters. The molecule has 0 fully saturated rings. The smallest absolute Gasteiger partial charge is 0.140 e. The van der Waals surface area contributed by atoms with Gasteiger partial charge in [-0.15, -0.1) is 0 Å². The first-order valence-corrected chi connectivity index (χ1v) is 13.6. The molecule has 0 aliphatic carbocycles. The largest absolute Gasteiger partial charge is 0.468 e. The molecule has 0 bridgehead atoms. The molecule has 2 aromatic rings. The molecule has 0 aliphatic heterocycles. The summed E-state index contributed by atoms with van der Waals surface area (Å²) in [5.41, 5.74) is 1.97. The van der Waals surface area contributed by atoms with Gasteiger partial charge in [-0.2, -0.15) is 0 Å². The molecule has 0 aliphatic rings. The molecular weight excluding hydrogens is 432 g/mol. The molecule has 2 unspecified atom stereocenters. The lowest BCUT2D eigenvalue weighted by molar-refractivity contribution is -0.121. The number of carbonyl (C=O) groups excluding carboxylic acids is 2. The van der Waals surface area contributed by atoms with Crippen molar-refractivity contribution in [2.24, 2.45) is 0 Å². The Morgan fingerprint density at radius 1 is 0.727 bits per heavy atom. The van der Waals surface area contributed by atoms with Crippen LogP contribution in [0.4, 0.5) is 0 Å². The first kappa shape index (κ1) is 27.5. The van der Waals surface area contributed by atoms with Gasteiger partial charge in [0.05, 0.1) is 22.3 Å². The number of carbonyl (C=O) groups is 2. The van der Waals surface area contributed by atoms with Gasteiger partial charge in [-0.3, -0.25) is 9.59 Å². The van der Waals surface area contributed by atoms with Crippen molar-refractivity contribution < 1.29 is 18.4 Å². The molecule has 5 heteroatoms. The highest BCUT2D eigenvalue weighted by molar-refractivity contribution is 7.99. The monoisotopic (exact) mass is 474 g/mol. The van der Waals surface area contributed by atoms with Crippen LogP contribution in [-0.2, 0) is 9.59 Å². The predicted molar refractivity (Wildman–Crippen MR) is 135 cm³/mol. The summed E-state index contributed by atoms with van der Waals surface area (Å²) < 4.78 is 11.7. The average molecular weight is 475 g/mol. The lowest BCUT2D eigenvalue weighted by atomic mass is 9.89. The highest BCUT2D eigenvalue weighted by Crippen LogP contribution is 2.45. The van der Waals surface area contributed by atoms with Crippen LogP contribution in [0.5, 0.6) is 0 Å². The van der Waals surface area contributed by atoms with E-state index in [1.165, 1.54) is 0 Å². The number of rotatable bonds is 16. The molecule has 2 heterocycles. The summed E-state index contributed by atoms with van der Waals surface area (Å²) in [5, 5.41) is 0. The molecule has 4 nitrogen and oxygen atoms in total. The second-order valence-corrected chi connectivity index (χ2v) is 10.1. The minimum atomic E-state index is -0.144. The van der Waals surface area contributed by atoms with Gasteiger partial charge >= 0.3 is 0 Å². The summed E-state index contributed by atoms with van der Waals surface area (Å²) in [5.74, 6) is 1.93. The maximum absolute atomic E-state index is 13.1. The van der Waals surface area contributed by atoms with Crippen molar-refractivity contribution in [3.05, 3.63) is 35.2 Å². The topological polar surface area (TPSA) is 60.4 Å². The van der Waals surface area contributed by atoms with Crippen molar-refractivity contribution in [2.45, 2.75) is 127 Å². The Kier molecular flexibility index (Phi) is 11.5. The normalized spacial score (nSPS) is 13.3. The fourth-order valence-corrected chi connectivity index (χ4v) is 5.58. The Bertz CT molecular complexity index is 820. The Morgan fingerprint density at radius 2 is 1.12 bits per heavy atom. The van der Waals surface area contributed by atoms with Crippen molar-refractivity contribution in [2.75, 3.05) is 0 Å². The first-order valence-electron chi connectivity index (χ1n) is 12.8. The molecule has 0 N–H and O–H groups in total. The Morgan fingerprint density at radius 3 is 1.45 bits per heavy atom. The van der Waals surface area contributed by atoms with E-state index in [2.05, 4.69) is 27.7 Å². The van der Waals surface area contributed by atoms with Crippen molar-refractivity contribution in [3.8, 4) is 0 Å². The number of hydrogen-bond acceptors (Lipinski definition) is 5. The Labute approximate surface area is 204 Å². The number of unbranched alkanes of at least 4 members (excludes halogenated alkanes) is 2. The van der Waals surface area contributed by atoms with E-state index in [4.69, 9.17) is 8.83 Å². The van der Waals surface area contributed by atoms with Gasteiger partial charge in [0, 0.05) is 35.8 Å². The summed E-state index contributed by atoms with van der Waals surface area (Å²) in [4.78, 5) is 28.1.